The number of hydrogen-bond acceptors (Lipinski definition) is 3. The summed E-state index contributed by atoms with van der Waals surface area (Å²) in [6, 6.07) is 0. The highest BCUT2D eigenvalue weighted by atomic mass is 16.4. The molecule has 0 aliphatic rings. The van der Waals surface area contributed by atoms with Gasteiger partial charge < -0.3 is 5.11 Å². The zero-order valence-electron chi connectivity index (χ0n) is 13.5. The first-order valence-electron chi connectivity index (χ1n) is 7.81. The number of aliphatic imine (C=N–C) groups is 2. The van der Waals surface area contributed by atoms with Crippen LogP contribution >= 0.6 is 0 Å². The highest BCUT2D eigenvalue weighted by molar-refractivity contribution is 5.63. The Kier molecular flexibility index (Phi) is 21.3. The summed E-state index contributed by atoms with van der Waals surface area (Å²) >= 11 is 0. The molecule has 0 spiro atoms. The molecule has 0 aliphatic heterocycles. The van der Waals surface area contributed by atoms with Gasteiger partial charge in [-0.25, -0.2) is 0 Å². The van der Waals surface area contributed by atoms with Crippen LogP contribution in [0.3, 0.4) is 0 Å². The highest BCUT2D eigenvalue weighted by Crippen LogP contribution is 1.96. The predicted octanol–water partition coefficient (Wildman–Crippen LogP) is 4.38. The van der Waals surface area contributed by atoms with Crippen LogP contribution in [0.1, 0.15) is 72.1 Å². The van der Waals surface area contributed by atoms with Crippen LogP contribution in [0.4, 0.5) is 0 Å². The largest absolute Gasteiger partial charge is 0.481 e. The third-order valence-electron chi connectivity index (χ3n) is 2.49. The molecular weight excluding hydrogens is 252 g/mol. The lowest BCUT2D eigenvalue weighted by atomic mass is 10.2. The van der Waals surface area contributed by atoms with Crippen LogP contribution in [0.25, 0.3) is 0 Å². The fraction of sp³-hybridized carbons (Fsp3) is 0.812. The second kappa shape index (κ2) is 20.1. The minimum atomic E-state index is -0.833. The number of unbranched alkanes of at least 4 members (excludes halogenated alkanes) is 6. The number of carbonyl (C=O) groups is 1. The summed E-state index contributed by atoms with van der Waals surface area (Å²) in [6.07, 6.45) is 14.2. The third-order valence-corrected chi connectivity index (χ3v) is 2.49. The molecule has 0 saturated heterocycles. The molecule has 1 N–H and O–H groups in total. The molecular formula is C16H32N2O2. The van der Waals surface area contributed by atoms with Gasteiger partial charge in [0.05, 0.1) is 13.1 Å². The Bertz CT molecular complexity index is 227. The van der Waals surface area contributed by atoms with Gasteiger partial charge in [0.25, 0.3) is 5.97 Å². The Hall–Kier alpha value is -1.19. The van der Waals surface area contributed by atoms with E-state index in [2.05, 4.69) is 36.3 Å². The Labute approximate surface area is 124 Å². The van der Waals surface area contributed by atoms with Gasteiger partial charge >= 0.3 is 0 Å². The van der Waals surface area contributed by atoms with Gasteiger partial charge in [0, 0.05) is 6.92 Å². The van der Waals surface area contributed by atoms with Crippen molar-refractivity contribution in [2.24, 2.45) is 9.98 Å². The smallest absolute Gasteiger partial charge is 0.300 e. The maximum absolute atomic E-state index is 9.00. The SMILES string of the molecule is CC(=O)O.CCCCCC=NCCN=CCCCCC. The molecule has 0 aliphatic carbocycles. The van der Waals surface area contributed by atoms with E-state index in [-0.39, 0.29) is 0 Å². The lowest BCUT2D eigenvalue weighted by Gasteiger charge is -1.93. The quantitative estimate of drug-likeness (QED) is 0.452. The van der Waals surface area contributed by atoms with Crippen LogP contribution in [-0.4, -0.2) is 36.6 Å². The Morgan fingerprint density at radius 1 is 0.900 bits per heavy atom. The van der Waals surface area contributed by atoms with Gasteiger partial charge in [-0.15, -0.1) is 0 Å². The summed E-state index contributed by atoms with van der Waals surface area (Å²) in [4.78, 5) is 17.7. The number of carboxylic acids is 1. The average molecular weight is 284 g/mol. The maximum atomic E-state index is 9.00. The highest BCUT2D eigenvalue weighted by Gasteiger charge is 1.83. The van der Waals surface area contributed by atoms with E-state index in [4.69, 9.17) is 9.90 Å². The van der Waals surface area contributed by atoms with Crippen molar-refractivity contribution < 1.29 is 9.90 Å². The molecule has 0 aromatic rings. The van der Waals surface area contributed by atoms with E-state index in [1.54, 1.807) is 0 Å². The van der Waals surface area contributed by atoms with E-state index >= 15 is 0 Å². The minimum Gasteiger partial charge on any atom is -0.481 e. The molecule has 118 valence electrons. The van der Waals surface area contributed by atoms with Crippen LogP contribution in [-0.2, 0) is 4.79 Å². The van der Waals surface area contributed by atoms with Crippen molar-refractivity contribution in [1.82, 2.24) is 0 Å². The average Bonchev–Trinajstić information content (AvgIpc) is 2.39. The molecule has 0 saturated carbocycles. The molecule has 0 aromatic heterocycles. The molecule has 0 fully saturated rings. The normalized spacial score (nSPS) is 10.8. The second-order valence-electron chi connectivity index (χ2n) is 4.69. The second-order valence-corrected chi connectivity index (χ2v) is 4.69. The molecule has 0 rings (SSSR count). The summed E-state index contributed by atoms with van der Waals surface area (Å²) in [5.74, 6) is -0.833. The molecule has 4 nitrogen and oxygen atoms in total. The van der Waals surface area contributed by atoms with Crippen molar-refractivity contribution >= 4 is 18.4 Å². The van der Waals surface area contributed by atoms with Crippen molar-refractivity contribution in [3.05, 3.63) is 0 Å². The van der Waals surface area contributed by atoms with Crippen molar-refractivity contribution in [2.75, 3.05) is 13.1 Å². The van der Waals surface area contributed by atoms with Crippen LogP contribution in [0.5, 0.6) is 0 Å². The van der Waals surface area contributed by atoms with E-state index in [0.717, 1.165) is 32.9 Å². The van der Waals surface area contributed by atoms with E-state index < -0.39 is 5.97 Å². The third kappa shape index (κ3) is 30.1. The fourth-order valence-electron chi connectivity index (χ4n) is 1.45. The summed E-state index contributed by atoms with van der Waals surface area (Å²) in [7, 11) is 0. The lowest BCUT2D eigenvalue weighted by Crippen LogP contribution is -1.89. The molecule has 0 unspecified atom stereocenters. The van der Waals surface area contributed by atoms with Crippen LogP contribution in [0.2, 0.25) is 0 Å². The molecule has 0 amide bonds. The summed E-state index contributed by atoms with van der Waals surface area (Å²) in [6.45, 7) is 7.25. The van der Waals surface area contributed by atoms with E-state index in [0.29, 0.717) is 0 Å². The topological polar surface area (TPSA) is 62.0 Å². The fourth-order valence-corrected chi connectivity index (χ4v) is 1.45. The van der Waals surface area contributed by atoms with Crippen molar-refractivity contribution in [3.8, 4) is 0 Å². The molecule has 0 atom stereocenters. The van der Waals surface area contributed by atoms with Gasteiger partial charge in [-0.2, -0.15) is 0 Å². The monoisotopic (exact) mass is 284 g/mol. The zero-order chi connectivity index (χ0) is 15.5. The first-order valence-corrected chi connectivity index (χ1v) is 7.81. The lowest BCUT2D eigenvalue weighted by molar-refractivity contribution is -0.134. The standard InChI is InChI=1S/C14H28N2.C2H4O2/c1-3-5-7-9-11-15-13-14-16-12-10-8-6-4-2;1-2(3)4/h11-12H,3-10,13-14H2,1-2H3;1H3,(H,3,4). The summed E-state index contributed by atoms with van der Waals surface area (Å²) in [5.41, 5.74) is 0. The number of hydrogen-bond donors (Lipinski definition) is 1. The Morgan fingerprint density at radius 2 is 1.25 bits per heavy atom. The van der Waals surface area contributed by atoms with Crippen molar-refractivity contribution in [3.63, 3.8) is 0 Å². The van der Waals surface area contributed by atoms with Crippen LogP contribution in [0.15, 0.2) is 9.98 Å². The molecule has 20 heavy (non-hydrogen) atoms. The van der Waals surface area contributed by atoms with Crippen LogP contribution in [0, 0.1) is 0 Å². The number of rotatable bonds is 11. The Balaban J connectivity index is 0. The zero-order valence-corrected chi connectivity index (χ0v) is 13.5. The van der Waals surface area contributed by atoms with E-state index in [9.17, 15) is 0 Å². The van der Waals surface area contributed by atoms with E-state index in [1.165, 1.54) is 38.5 Å². The van der Waals surface area contributed by atoms with Crippen molar-refractivity contribution in [1.29, 1.82) is 0 Å². The molecule has 0 aromatic carbocycles. The van der Waals surface area contributed by atoms with E-state index in [1.807, 2.05) is 0 Å². The first-order chi connectivity index (χ1) is 9.65. The number of carboxylic acid groups (broad SMARTS) is 1. The molecule has 0 heterocycles. The van der Waals surface area contributed by atoms with Gasteiger partial charge in [0.15, 0.2) is 0 Å². The maximum Gasteiger partial charge on any atom is 0.300 e. The summed E-state index contributed by atoms with van der Waals surface area (Å²) in [5, 5.41) is 7.42. The van der Waals surface area contributed by atoms with Crippen molar-refractivity contribution in [2.45, 2.75) is 72.1 Å². The van der Waals surface area contributed by atoms with Gasteiger partial charge in [-0.3, -0.25) is 14.8 Å². The summed E-state index contributed by atoms with van der Waals surface area (Å²) < 4.78 is 0. The molecule has 0 bridgehead atoms. The van der Waals surface area contributed by atoms with Gasteiger partial charge in [0.2, 0.25) is 0 Å². The first kappa shape index (κ1) is 21.1. The number of aliphatic carboxylic acids is 1. The van der Waals surface area contributed by atoms with Crippen LogP contribution < -0.4 is 0 Å². The predicted molar refractivity (Wildman–Crippen MR) is 88.3 cm³/mol. The van der Waals surface area contributed by atoms with Gasteiger partial charge in [-0.1, -0.05) is 39.5 Å². The molecule has 0 radical (unpaired) electrons. The Morgan fingerprint density at radius 3 is 1.55 bits per heavy atom. The minimum absolute atomic E-state index is 0.833. The number of nitrogens with zero attached hydrogens (tertiary/aromatic N) is 2. The van der Waals surface area contributed by atoms with Gasteiger partial charge in [-0.05, 0) is 38.1 Å². The molecule has 4 heteroatoms. The van der Waals surface area contributed by atoms with Gasteiger partial charge in [0.1, 0.15) is 0 Å².